The molecule has 3 aromatic heterocycles. The Kier molecular flexibility index (Phi) is 11.8. The summed E-state index contributed by atoms with van der Waals surface area (Å²) in [4.78, 5) is 34.2. The number of imidazole rings is 1. The number of pyridine rings is 1. The normalized spacial score (nSPS) is 13.5. The van der Waals surface area contributed by atoms with Gasteiger partial charge in [-0.25, -0.2) is 9.18 Å². The van der Waals surface area contributed by atoms with Crippen LogP contribution in [0.5, 0.6) is 17.5 Å². The van der Waals surface area contributed by atoms with Crippen LogP contribution in [0.3, 0.4) is 0 Å². The molecule has 1 aliphatic heterocycles. The van der Waals surface area contributed by atoms with Crippen molar-refractivity contribution in [3.05, 3.63) is 172 Å². The Balaban J connectivity index is 1.17. The quantitative estimate of drug-likeness (QED) is 0.0949. The van der Waals surface area contributed by atoms with Crippen LogP contribution >= 0.6 is 0 Å². The zero-order chi connectivity index (χ0) is 44.3. The molecule has 0 saturated carbocycles. The van der Waals surface area contributed by atoms with E-state index in [1.54, 1.807) is 38.5 Å². The van der Waals surface area contributed by atoms with Crippen LogP contribution in [-0.4, -0.2) is 47.5 Å². The summed E-state index contributed by atoms with van der Waals surface area (Å²) in [6.45, 7) is 1.77. The lowest BCUT2D eigenvalue weighted by atomic mass is 9.91. The van der Waals surface area contributed by atoms with Crippen molar-refractivity contribution >= 4 is 18.0 Å². The summed E-state index contributed by atoms with van der Waals surface area (Å²) in [6.07, 6.45) is -0.382. The van der Waals surface area contributed by atoms with Gasteiger partial charge in [-0.1, -0.05) is 66.7 Å². The fourth-order valence-corrected chi connectivity index (χ4v) is 7.17. The molecule has 63 heavy (non-hydrogen) atoms. The Morgan fingerprint density at radius 3 is 2.24 bits per heavy atom. The number of rotatable bonds is 12. The van der Waals surface area contributed by atoms with Crippen molar-refractivity contribution in [2.24, 2.45) is 12.0 Å². The number of alkyl halides is 3. The van der Waals surface area contributed by atoms with Crippen molar-refractivity contribution in [1.29, 1.82) is 0 Å². The van der Waals surface area contributed by atoms with Crippen LogP contribution in [0, 0.1) is 5.82 Å². The Morgan fingerprint density at radius 2 is 1.56 bits per heavy atom. The molecular weight excluding hydrogens is 821 g/mol. The van der Waals surface area contributed by atoms with Crippen molar-refractivity contribution in [2.75, 3.05) is 6.61 Å². The van der Waals surface area contributed by atoms with Crippen LogP contribution in [0.1, 0.15) is 45.2 Å². The van der Waals surface area contributed by atoms with E-state index >= 15 is 4.39 Å². The van der Waals surface area contributed by atoms with Crippen LogP contribution < -0.4 is 19.8 Å². The number of amides is 1. The van der Waals surface area contributed by atoms with E-state index in [4.69, 9.17) is 14.2 Å². The number of hydrogen-bond donors (Lipinski definition) is 1. The molecule has 7 aromatic rings. The predicted octanol–water partition coefficient (Wildman–Crippen LogP) is 9.37. The summed E-state index contributed by atoms with van der Waals surface area (Å²) >= 11 is 0. The number of carbonyl (C=O) groups excluding carboxylic acids is 1. The summed E-state index contributed by atoms with van der Waals surface area (Å²) < 4.78 is 81.6. The number of aromatic nitrogens is 5. The molecule has 4 heterocycles. The molecule has 12 nitrogen and oxygen atoms in total. The zero-order valence-corrected chi connectivity index (χ0v) is 33.8. The van der Waals surface area contributed by atoms with Crippen molar-refractivity contribution in [3.8, 4) is 39.8 Å². The van der Waals surface area contributed by atoms with Gasteiger partial charge in [-0.2, -0.15) is 23.3 Å². The highest BCUT2D eigenvalue weighted by Crippen LogP contribution is 2.44. The Morgan fingerprint density at radius 1 is 0.857 bits per heavy atom. The van der Waals surface area contributed by atoms with E-state index in [9.17, 15) is 27.9 Å². The van der Waals surface area contributed by atoms with E-state index in [0.717, 1.165) is 15.8 Å². The number of aryl methyl sites for hydroxylation is 2. The lowest BCUT2D eigenvalue weighted by molar-refractivity contribution is -0.141. The van der Waals surface area contributed by atoms with Crippen LogP contribution in [-0.2, 0) is 39.5 Å². The SMILES string of the molecule is CCn1cc(-c2cc(Cn3ccn(C)c3=NC(=O)O)cc3c2OCC(=Cc2ccc(F)c(-c4ccc(OCc5ccccc5)nc4OCc4ccccc4)c2)C3=O)c(C(F)(F)F)n1. The number of fused-ring (bicyclic) bond motifs is 1. The average molecular weight is 859 g/mol. The summed E-state index contributed by atoms with van der Waals surface area (Å²) in [5.74, 6) is -0.832. The highest BCUT2D eigenvalue weighted by Gasteiger charge is 2.39. The molecule has 4 aromatic carbocycles. The number of benzene rings is 4. The van der Waals surface area contributed by atoms with Crippen LogP contribution in [0.2, 0.25) is 0 Å². The lowest BCUT2D eigenvalue weighted by Crippen LogP contribution is -2.26. The van der Waals surface area contributed by atoms with Gasteiger partial charge in [0.1, 0.15) is 31.4 Å². The standard InChI is InChI=1S/C47H38F4N6O6/c1-3-57-25-38(43(54-57)47(49,50)51)36-22-32(24-56-19-18-55(2)45(56)53-46(59)60)23-37-41(58)33(28-62-42(36)37)20-31-14-16-39(48)35(21-31)34-15-17-40(61-26-29-10-6-4-7-11-29)52-44(34)63-27-30-12-8-5-9-13-30/h4-23,25H,3,24,26-28H2,1-2H3,(H,59,60). The molecule has 320 valence electrons. The van der Waals surface area contributed by atoms with Gasteiger partial charge in [0.15, 0.2) is 11.5 Å². The summed E-state index contributed by atoms with van der Waals surface area (Å²) in [6, 6.07) is 29.4. The van der Waals surface area contributed by atoms with Gasteiger partial charge >= 0.3 is 12.3 Å². The zero-order valence-electron chi connectivity index (χ0n) is 33.8. The van der Waals surface area contributed by atoms with Gasteiger partial charge in [-0.15, -0.1) is 4.99 Å². The van der Waals surface area contributed by atoms with Crippen LogP contribution in [0.15, 0.2) is 132 Å². The monoisotopic (exact) mass is 858 g/mol. The number of ketones is 1. The molecule has 0 fully saturated rings. The minimum absolute atomic E-state index is 0.0222. The van der Waals surface area contributed by atoms with E-state index in [2.05, 4.69) is 15.1 Å². The summed E-state index contributed by atoms with van der Waals surface area (Å²) in [5, 5.41) is 13.2. The molecule has 0 radical (unpaired) electrons. The summed E-state index contributed by atoms with van der Waals surface area (Å²) in [5.41, 5.74) is 1.67. The van der Waals surface area contributed by atoms with Crippen molar-refractivity contribution in [2.45, 2.75) is 39.4 Å². The summed E-state index contributed by atoms with van der Waals surface area (Å²) in [7, 11) is 1.59. The van der Waals surface area contributed by atoms with Crippen LogP contribution in [0.4, 0.5) is 22.4 Å². The maximum Gasteiger partial charge on any atom is 0.435 e. The van der Waals surface area contributed by atoms with Crippen molar-refractivity contribution < 1.29 is 46.5 Å². The number of halogens is 4. The molecule has 0 aliphatic carbocycles. The second-order valence-corrected chi connectivity index (χ2v) is 14.6. The van der Waals surface area contributed by atoms with E-state index in [-0.39, 0.29) is 83.9 Å². The van der Waals surface area contributed by atoms with Gasteiger partial charge < -0.3 is 28.5 Å². The minimum atomic E-state index is -4.85. The first-order chi connectivity index (χ1) is 30.3. The Labute approximate surface area is 357 Å². The smallest absolute Gasteiger partial charge is 0.435 e. The molecule has 0 saturated heterocycles. The Bertz CT molecular complexity index is 2940. The van der Waals surface area contributed by atoms with E-state index in [1.807, 2.05) is 60.7 Å². The second-order valence-electron chi connectivity index (χ2n) is 14.6. The molecule has 0 spiro atoms. The first-order valence-corrected chi connectivity index (χ1v) is 19.7. The number of Topliss-reactive ketones (excluding diaryl/α,β-unsaturated/α-hetero) is 1. The molecule has 8 rings (SSSR count). The molecule has 1 N–H and O–H groups in total. The highest BCUT2D eigenvalue weighted by molar-refractivity contribution is 6.15. The molecule has 1 aliphatic rings. The second kappa shape index (κ2) is 17.7. The van der Waals surface area contributed by atoms with E-state index in [0.29, 0.717) is 16.7 Å². The fourth-order valence-electron chi connectivity index (χ4n) is 7.17. The number of carbonyl (C=O) groups is 2. The molecular formula is C47H38F4N6O6. The minimum Gasteiger partial charge on any atom is -0.487 e. The first kappa shape index (κ1) is 42.0. The van der Waals surface area contributed by atoms with Gasteiger partial charge in [-0.3, -0.25) is 9.48 Å². The largest absolute Gasteiger partial charge is 0.487 e. The molecule has 0 unspecified atom stereocenters. The third kappa shape index (κ3) is 9.29. The van der Waals surface area contributed by atoms with E-state index < -0.39 is 29.6 Å². The average Bonchev–Trinajstić information content (AvgIpc) is 3.87. The van der Waals surface area contributed by atoms with Crippen molar-refractivity contribution in [1.82, 2.24) is 23.9 Å². The van der Waals surface area contributed by atoms with Gasteiger partial charge in [0.2, 0.25) is 17.4 Å². The number of hydrogen-bond acceptors (Lipinski definition) is 7. The topological polar surface area (TPSA) is 135 Å². The van der Waals surface area contributed by atoms with Gasteiger partial charge in [0.25, 0.3) is 0 Å². The molecule has 1 amide bonds. The van der Waals surface area contributed by atoms with Gasteiger partial charge in [-0.05, 0) is 65.6 Å². The third-order valence-corrected chi connectivity index (χ3v) is 10.2. The maximum atomic E-state index is 15.8. The Hall–Kier alpha value is -7.75. The van der Waals surface area contributed by atoms with Gasteiger partial charge in [0.05, 0.1) is 12.1 Å². The lowest BCUT2D eigenvalue weighted by Gasteiger charge is -2.23. The predicted molar refractivity (Wildman–Crippen MR) is 223 cm³/mol. The third-order valence-electron chi connectivity index (χ3n) is 10.2. The van der Waals surface area contributed by atoms with Crippen molar-refractivity contribution in [3.63, 3.8) is 0 Å². The van der Waals surface area contributed by atoms with Gasteiger partial charge in [0, 0.05) is 66.1 Å². The first-order valence-electron chi connectivity index (χ1n) is 19.7. The number of carboxylic acid groups (broad SMARTS) is 1. The molecule has 0 atom stereocenters. The van der Waals surface area contributed by atoms with E-state index in [1.165, 1.54) is 51.7 Å². The number of nitrogens with zero attached hydrogens (tertiary/aromatic N) is 6. The maximum absolute atomic E-state index is 15.8. The molecule has 16 heteroatoms. The van der Waals surface area contributed by atoms with Crippen LogP contribution in [0.25, 0.3) is 28.3 Å². The number of ether oxygens (including phenoxy) is 3. The fraction of sp³-hybridized carbons (Fsp3) is 0.170. The molecule has 0 bridgehead atoms. The highest BCUT2D eigenvalue weighted by atomic mass is 19.4.